The molecule has 38 heavy (non-hydrogen) atoms. The van der Waals surface area contributed by atoms with Crippen molar-refractivity contribution in [1.29, 1.82) is 0 Å². The third kappa shape index (κ3) is 5.13. The van der Waals surface area contributed by atoms with E-state index in [9.17, 15) is 9.18 Å². The Morgan fingerprint density at radius 1 is 1.05 bits per heavy atom. The molecule has 1 aliphatic heterocycles. The van der Waals surface area contributed by atoms with Crippen LogP contribution in [-0.2, 0) is 17.2 Å². The van der Waals surface area contributed by atoms with Gasteiger partial charge in [-0.2, -0.15) is 4.98 Å². The number of thioether (sulfide) groups is 1. The number of rotatable bonds is 7. The van der Waals surface area contributed by atoms with E-state index in [-0.39, 0.29) is 17.6 Å². The van der Waals surface area contributed by atoms with Crippen LogP contribution in [0.4, 0.5) is 10.3 Å². The van der Waals surface area contributed by atoms with Crippen LogP contribution in [-0.4, -0.2) is 20.5 Å². The van der Waals surface area contributed by atoms with Crippen molar-refractivity contribution in [3.8, 4) is 5.75 Å². The van der Waals surface area contributed by atoms with Crippen LogP contribution in [0.25, 0.3) is 0 Å². The molecule has 1 aliphatic carbocycles. The highest BCUT2D eigenvalue weighted by Crippen LogP contribution is 2.41. The summed E-state index contributed by atoms with van der Waals surface area (Å²) in [5, 5.41) is 8.62. The number of aromatic nitrogens is 3. The predicted octanol–water partition coefficient (Wildman–Crippen LogP) is 7.07. The molecular formula is C29H24BrFN4O2S. The Morgan fingerprint density at radius 3 is 2.63 bits per heavy atom. The summed E-state index contributed by atoms with van der Waals surface area (Å²) in [5.41, 5.74) is 4.25. The number of hydrogen-bond acceptors (Lipinski definition) is 6. The molecule has 1 unspecified atom stereocenters. The van der Waals surface area contributed by atoms with Gasteiger partial charge in [-0.15, -0.1) is 5.10 Å². The predicted molar refractivity (Wildman–Crippen MR) is 149 cm³/mol. The first-order valence-electron chi connectivity index (χ1n) is 12.4. The number of allylic oxidation sites excluding steroid dienone is 2. The minimum absolute atomic E-state index is 0.126. The Bertz CT molecular complexity index is 1520. The Morgan fingerprint density at radius 2 is 1.84 bits per heavy atom. The second kappa shape index (κ2) is 10.7. The standard InChI is InChI=1S/C29H24BrFN4O2S/c30-21-12-8-18(9-13-21)16-37-22-14-10-19(11-15-22)27-26-24(6-3-7-25(26)36)32-28-33-29(34-35(27)28)38-17-20-4-1-2-5-23(20)31/h1-2,4-5,8-15,27H,3,6-7,16-17H2,(H,32,33,34). The Balaban J connectivity index is 1.26. The summed E-state index contributed by atoms with van der Waals surface area (Å²) in [7, 11) is 0. The monoisotopic (exact) mass is 590 g/mol. The molecule has 0 saturated heterocycles. The third-order valence-corrected chi connectivity index (χ3v) is 8.09. The van der Waals surface area contributed by atoms with E-state index in [4.69, 9.17) is 9.84 Å². The van der Waals surface area contributed by atoms with Gasteiger partial charge >= 0.3 is 0 Å². The van der Waals surface area contributed by atoms with E-state index in [0.717, 1.165) is 45.5 Å². The summed E-state index contributed by atoms with van der Waals surface area (Å²) >= 11 is 4.82. The minimum atomic E-state index is -0.384. The number of benzene rings is 3. The molecule has 1 N–H and O–H groups in total. The number of ether oxygens (including phenoxy) is 1. The van der Waals surface area contributed by atoms with Gasteiger partial charge in [0.25, 0.3) is 0 Å². The summed E-state index contributed by atoms with van der Waals surface area (Å²) in [6, 6.07) is 22.2. The van der Waals surface area contributed by atoms with Gasteiger partial charge in [-0.3, -0.25) is 4.79 Å². The van der Waals surface area contributed by atoms with Gasteiger partial charge in [-0.1, -0.05) is 70.2 Å². The van der Waals surface area contributed by atoms with Gasteiger partial charge in [0.2, 0.25) is 11.1 Å². The quantitative estimate of drug-likeness (QED) is 0.232. The number of halogens is 2. The summed E-state index contributed by atoms with van der Waals surface area (Å²) in [6.07, 6.45) is 2.12. The maximum Gasteiger partial charge on any atom is 0.227 e. The number of carbonyl (C=O) groups is 1. The largest absolute Gasteiger partial charge is 0.489 e. The molecule has 9 heteroatoms. The van der Waals surface area contributed by atoms with Crippen LogP contribution in [0, 0.1) is 5.82 Å². The SMILES string of the molecule is O=C1CCCC2=C1C(c1ccc(OCc3ccc(Br)cc3)cc1)n1nc(SCc3ccccc3F)nc1N2. The summed E-state index contributed by atoms with van der Waals surface area (Å²) in [6.45, 7) is 0.462. The van der Waals surface area contributed by atoms with Crippen LogP contribution < -0.4 is 10.1 Å². The number of hydrogen-bond donors (Lipinski definition) is 1. The first kappa shape index (κ1) is 24.9. The Hall–Kier alpha value is -3.43. The van der Waals surface area contributed by atoms with Gasteiger partial charge in [0, 0.05) is 27.9 Å². The second-order valence-corrected chi connectivity index (χ2v) is 11.1. The van der Waals surface area contributed by atoms with Crippen molar-refractivity contribution in [1.82, 2.24) is 14.8 Å². The van der Waals surface area contributed by atoms with E-state index >= 15 is 0 Å². The van der Waals surface area contributed by atoms with E-state index in [0.29, 0.717) is 35.4 Å². The zero-order valence-electron chi connectivity index (χ0n) is 20.4. The van der Waals surface area contributed by atoms with Gasteiger partial charge in [-0.05, 0) is 59.9 Å². The number of nitrogens with one attached hydrogen (secondary N) is 1. The van der Waals surface area contributed by atoms with Crippen molar-refractivity contribution >= 4 is 39.4 Å². The van der Waals surface area contributed by atoms with E-state index in [1.165, 1.54) is 17.8 Å². The summed E-state index contributed by atoms with van der Waals surface area (Å²) in [5.74, 6) is 1.63. The lowest BCUT2D eigenvalue weighted by molar-refractivity contribution is -0.116. The fraction of sp³-hybridized carbons (Fsp3) is 0.207. The number of fused-ring (bicyclic) bond motifs is 1. The van der Waals surface area contributed by atoms with Crippen LogP contribution in [0.1, 0.15) is 42.0 Å². The van der Waals surface area contributed by atoms with Crippen LogP contribution in [0.5, 0.6) is 5.75 Å². The molecule has 0 fully saturated rings. The molecule has 0 saturated carbocycles. The van der Waals surface area contributed by atoms with Crippen molar-refractivity contribution in [3.63, 3.8) is 0 Å². The molecule has 6 nitrogen and oxygen atoms in total. The van der Waals surface area contributed by atoms with Gasteiger partial charge in [0.15, 0.2) is 5.78 Å². The van der Waals surface area contributed by atoms with Crippen molar-refractivity contribution in [2.24, 2.45) is 0 Å². The minimum Gasteiger partial charge on any atom is -0.489 e. The van der Waals surface area contributed by atoms with Gasteiger partial charge in [0.1, 0.15) is 24.2 Å². The molecule has 6 rings (SSSR count). The van der Waals surface area contributed by atoms with Crippen molar-refractivity contribution in [2.75, 3.05) is 5.32 Å². The molecule has 1 atom stereocenters. The van der Waals surface area contributed by atoms with Crippen molar-refractivity contribution < 1.29 is 13.9 Å². The van der Waals surface area contributed by atoms with Crippen LogP contribution in [0.2, 0.25) is 0 Å². The molecule has 2 heterocycles. The molecule has 0 spiro atoms. The average molecular weight is 592 g/mol. The highest BCUT2D eigenvalue weighted by molar-refractivity contribution is 9.10. The third-order valence-electron chi connectivity index (χ3n) is 6.68. The smallest absolute Gasteiger partial charge is 0.227 e. The van der Waals surface area contributed by atoms with E-state index in [2.05, 4.69) is 26.2 Å². The van der Waals surface area contributed by atoms with Gasteiger partial charge in [-0.25, -0.2) is 9.07 Å². The molecule has 4 aromatic rings. The first-order chi connectivity index (χ1) is 18.5. The second-order valence-electron chi connectivity index (χ2n) is 9.22. The topological polar surface area (TPSA) is 69.0 Å². The first-order valence-corrected chi connectivity index (χ1v) is 14.2. The highest BCUT2D eigenvalue weighted by Gasteiger charge is 2.36. The Kier molecular flexibility index (Phi) is 7.04. The molecule has 2 aliphatic rings. The zero-order valence-corrected chi connectivity index (χ0v) is 22.8. The number of nitrogens with zero attached hydrogens (tertiary/aromatic N) is 3. The van der Waals surface area contributed by atoms with Crippen LogP contribution >= 0.6 is 27.7 Å². The fourth-order valence-electron chi connectivity index (χ4n) is 4.76. The summed E-state index contributed by atoms with van der Waals surface area (Å²) < 4.78 is 22.9. The van der Waals surface area contributed by atoms with E-state index < -0.39 is 0 Å². The number of Topliss-reactive ketones (excluding diaryl/α,β-unsaturated/α-hetero) is 1. The van der Waals surface area contributed by atoms with Crippen molar-refractivity contribution in [3.05, 3.63) is 111 Å². The maximum atomic E-state index is 14.1. The normalized spacial score (nSPS) is 16.6. The van der Waals surface area contributed by atoms with Crippen LogP contribution in [0.3, 0.4) is 0 Å². The number of ketones is 1. The van der Waals surface area contributed by atoms with Crippen molar-refractivity contribution in [2.45, 2.75) is 42.8 Å². The van der Waals surface area contributed by atoms with E-state index in [1.807, 2.05) is 54.6 Å². The fourth-order valence-corrected chi connectivity index (χ4v) is 5.84. The number of anilines is 1. The van der Waals surface area contributed by atoms with Gasteiger partial charge < -0.3 is 10.1 Å². The zero-order chi connectivity index (χ0) is 26.1. The molecule has 0 radical (unpaired) electrons. The lowest BCUT2D eigenvalue weighted by Gasteiger charge is -2.32. The summed E-state index contributed by atoms with van der Waals surface area (Å²) in [4.78, 5) is 17.8. The Labute approximate surface area is 232 Å². The lowest BCUT2D eigenvalue weighted by atomic mass is 9.85. The molecular weight excluding hydrogens is 567 g/mol. The molecule has 1 aromatic heterocycles. The van der Waals surface area contributed by atoms with E-state index in [1.54, 1.807) is 16.8 Å². The molecule has 192 valence electrons. The lowest BCUT2D eigenvalue weighted by Crippen LogP contribution is -2.31. The maximum absolute atomic E-state index is 14.1. The van der Waals surface area contributed by atoms with Crippen LogP contribution in [0.15, 0.2) is 93.7 Å². The molecule has 0 bridgehead atoms. The average Bonchev–Trinajstić information content (AvgIpc) is 3.34. The molecule has 0 amide bonds. The highest BCUT2D eigenvalue weighted by atomic mass is 79.9. The molecule has 3 aromatic carbocycles. The van der Waals surface area contributed by atoms with Gasteiger partial charge in [0.05, 0.1) is 0 Å². The number of carbonyl (C=O) groups excluding carboxylic acids is 1.